The third-order valence-electron chi connectivity index (χ3n) is 9.38. The Labute approximate surface area is 337 Å². The number of oxime groups is 1. The van der Waals surface area contributed by atoms with Crippen molar-refractivity contribution < 1.29 is 28.7 Å². The van der Waals surface area contributed by atoms with Crippen LogP contribution in [0.15, 0.2) is 137 Å². The summed E-state index contributed by atoms with van der Waals surface area (Å²) in [6.07, 6.45) is 0. The molecule has 1 saturated heterocycles. The van der Waals surface area contributed by atoms with Gasteiger partial charge < -0.3 is 24.9 Å². The standard InChI is InChI=1S/C42H38ClN5O6S2/c1-3-54-47-34(33-26-56-41(44-33)46-42(29-13-7-4-8-14-29,30-15-9-5-10-16-30)31-17-11-6-12-18-31)37(49)45-35-38(50)48-36(28(23-43)25-55-39(35)48)40(51)53-24-27-19-21-32(52-2)22-20-27/h4-22,26,35,39H,3,23-25H2,1-2H3,(H,44,46)(H,45,49)/b47-34-/t35-,39-/m1/s1. The largest absolute Gasteiger partial charge is 0.497 e. The number of fused-ring (bicyclic) bond motifs is 1. The maximum absolute atomic E-state index is 14.0. The molecule has 0 unspecified atom stereocenters. The van der Waals surface area contributed by atoms with Crippen molar-refractivity contribution >= 4 is 63.3 Å². The van der Waals surface area contributed by atoms with Gasteiger partial charge in [0.05, 0.1) is 7.11 Å². The Kier molecular flexibility index (Phi) is 12.0. The summed E-state index contributed by atoms with van der Waals surface area (Å²) in [4.78, 5) is 52.7. The summed E-state index contributed by atoms with van der Waals surface area (Å²) in [5.74, 6) is -0.687. The van der Waals surface area contributed by atoms with Crippen molar-refractivity contribution in [2.75, 3.05) is 30.7 Å². The second-order valence-electron chi connectivity index (χ2n) is 12.7. The number of thiazole rings is 1. The molecule has 2 aliphatic heterocycles. The normalized spacial score (nSPS) is 16.7. The summed E-state index contributed by atoms with van der Waals surface area (Å²) in [7, 11) is 1.57. The molecule has 11 nitrogen and oxygen atoms in total. The third-order valence-corrected chi connectivity index (χ3v) is 11.8. The average Bonchev–Trinajstić information content (AvgIpc) is 3.72. The first-order valence-corrected chi connectivity index (χ1v) is 20.3. The molecular formula is C42H38ClN5O6S2. The van der Waals surface area contributed by atoms with Crippen LogP contribution in [-0.2, 0) is 36.1 Å². The van der Waals surface area contributed by atoms with Crippen LogP contribution in [0.1, 0.15) is 34.9 Å². The van der Waals surface area contributed by atoms with Crippen molar-refractivity contribution in [3.8, 4) is 5.75 Å². The van der Waals surface area contributed by atoms with Crippen molar-refractivity contribution in [3.63, 3.8) is 0 Å². The summed E-state index contributed by atoms with van der Waals surface area (Å²) in [5, 5.41) is 12.4. The van der Waals surface area contributed by atoms with Crippen molar-refractivity contribution in [3.05, 3.63) is 160 Å². The second-order valence-corrected chi connectivity index (χ2v) is 15.0. The van der Waals surface area contributed by atoms with Crippen LogP contribution in [0.3, 0.4) is 0 Å². The van der Waals surface area contributed by atoms with Gasteiger partial charge >= 0.3 is 5.97 Å². The molecule has 5 aromatic rings. The number of methoxy groups -OCH3 is 1. The van der Waals surface area contributed by atoms with Crippen molar-refractivity contribution in [1.29, 1.82) is 0 Å². The van der Waals surface area contributed by atoms with Crippen molar-refractivity contribution in [2.24, 2.45) is 5.16 Å². The Balaban J connectivity index is 1.11. The molecule has 14 heteroatoms. The number of ether oxygens (including phenoxy) is 2. The number of hydrogen-bond donors (Lipinski definition) is 2. The molecule has 0 spiro atoms. The van der Waals surface area contributed by atoms with E-state index >= 15 is 0 Å². The monoisotopic (exact) mass is 807 g/mol. The number of β-lactam (4-membered cyclic amide) rings is 1. The number of benzene rings is 4. The Hall–Kier alpha value is -5.63. The molecule has 56 heavy (non-hydrogen) atoms. The molecule has 2 aliphatic rings. The lowest BCUT2D eigenvalue weighted by atomic mass is 9.77. The zero-order valence-electron chi connectivity index (χ0n) is 30.5. The van der Waals surface area contributed by atoms with Gasteiger partial charge in [0.25, 0.3) is 11.8 Å². The zero-order valence-corrected chi connectivity index (χ0v) is 32.9. The van der Waals surface area contributed by atoms with Crippen molar-refractivity contribution in [1.82, 2.24) is 15.2 Å². The Morgan fingerprint density at radius 2 is 1.54 bits per heavy atom. The van der Waals surface area contributed by atoms with Gasteiger partial charge in [-0.05, 0) is 46.9 Å². The smallest absolute Gasteiger partial charge is 0.355 e. The van der Waals surface area contributed by atoms with E-state index in [-0.39, 0.29) is 36.2 Å². The van der Waals surface area contributed by atoms with Crippen LogP contribution in [0.4, 0.5) is 5.13 Å². The van der Waals surface area contributed by atoms with E-state index in [1.165, 1.54) is 28.0 Å². The second kappa shape index (κ2) is 17.4. The molecule has 0 radical (unpaired) electrons. The van der Waals surface area contributed by atoms with Crippen LogP contribution in [0.25, 0.3) is 0 Å². The number of thioether (sulfide) groups is 1. The Bertz CT molecular complexity index is 2140. The quantitative estimate of drug-likeness (QED) is 0.0289. The maximum Gasteiger partial charge on any atom is 0.355 e. The fraction of sp³-hybridized carbons (Fsp3) is 0.214. The zero-order chi connectivity index (χ0) is 39.1. The summed E-state index contributed by atoms with van der Waals surface area (Å²) in [5.41, 5.74) is 3.72. The number of carbonyl (C=O) groups excluding carboxylic acids is 3. The molecule has 286 valence electrons. The topological polar surface area (TPSA) is 131 Å². The first-order chi connectivity index (χ1) is 27.4. The molecule has 0 bridgehead atoms. The fourth-order valence-corrected chi connectivity index (χ4v) is 9.07. The minimum Gasteiger partial charge on any atom is -0.497 e. The molecule has 1 fully saturated rings. The number of hydrogen-bond acceptors (Lipinski definition) is 11. The minimum absolute atomic E-state index is 0.00714. The number of nitrogens with one attached hydrogen (secondary N) is 2. The Morgan fingerprint density at radius 3 is 2.09 bits per heavy atom. The van der Waals surface area contributed by atoms with E-state index < -0.39 is 34.7 Å². The molecule has 4 aromatic carbocycles. The van der Waals surface area contributed by atoms with Crippen molar-refractivity contribution in [2.45, 2.75) is 30.5 Å². The molecule has 2 N–H and O–H groups in total. The SMILES string of the molecule is CCO/N=C(\C(=O)N[C@@H]1C(=O)N2C(C(=O)OCc3ccc(OC)cc3)=C(CCl)CS[C@H]12)c1csc(NC(c2ccccc2)(c2ccccc2)c2ccccc2)n1. The van der Waals surface area contributed by atoms with Crippen LogP contribution < -0.4 is 15.4 Å². The van der Waals surface area contributed by atoms with E-state index in [9.17, 15) is 14.4 Å². The molecule has 2 atom stereocenters. The van der Waals surface area contributed by atoms with Gasteiger partial charge in [0.1, 0.15) is 47.3 Å². The first-order valence-electron chi connectivity index (χ1n) is 17.8. The van der Waals surface area contributed by atoms with Gasteiger partial charge in [-0.1, -0.05) is 108 Å². The van der Waals surface area contributed by atoms with Crippen LogP contribution in [0, 0.1) is 0 Å². The lowest BCUT2D eigenvalue weighted by Gasteiger charge is -2.49. The molecule has 3 heterocycles. The molecule has 7 rings (SSSR count). The lowest BCUT2D eigenvalue weighted by Crippen LogP contribution is -2.71. The number of esters is 1. The average molecular weight is 808 g/mol. The van der Waals surface area contributed by atoms with Gasteiger partial charge in [0.2, 0.25) is 0 Å². The number of alkyl halides is 1. The van der Waals surface area contributed by atoms with E-state index in [0.717, 1.165) is 22.3 Å². The minimum atomic E-state index is -0.946. The number of nitrogens with zero attached hydrogens (tertiary/aromatic N) is 3. The molecule has 0 saturated carbocycles. The van der Waals surface area contributed by atoms with E-state index in [4.69, 9.17) is 30.9 Å². The molecular weight excluding hydrogens is 770 g/mol. The highest BCUT2D eigenvalue weighted by atomic mass is 35.5. The van der Waals surface area contributed by atoms with E-state index in [1.54, 1.807) is 43.7 Å². The van der Waals surface area contributed by atoms with E-state index in [2.05, 4.69) is 52.2 Å². The predicted octanol–water partition coefficient (Wildman–Crippen LogP) is 6.93. The van der Waals surface area contributed by atoms with Crippen LogP contribution in [-0.4, -0.2) is 70.1 Å². The highest BCUT2D eigenvalue weighted by Gasteiger charge is 2.54. The fourth-order valence-electron chi connectivity index (χ4n) is 6.64. The van der Waals surface area contributed by atoms with E-state index in [0.29, 0.717) is 22.2 Å². The summed E-state index contributed by atoms with van der Waals surface area (Å²) in [6, 6.07) is 36.5. The number of halogens is 1. The van der Waals surface area contributed by atoms with Gasteiger partial charge in [-0.2, -0.15) is 0 Å². The summed E-state index contributed by atoms with van der Waals surface area (Å²) >= 11 is 8.95. The van der Waals surface area contributed by atoms with Gasteiger partial charge in [-0.3, -0.25) is 14.5 Å². The van der Waals surface area contributed by atoms with Crippen LogP contribution >= 0.6 is 34.7 Å². The predicted molar refractivity (Wildman–Crippen MR) is 219 cm³/mol. The third kappa shape index (κ3) is 7.75. The number of aromatic nitrogens is 1. The van der Waals surface area contributed by atoms with E-state index in [1.807, 2.05) is 54.6 Å². The first kappa shape index (κ1) is 38.6. The number of rotatable bonds is 15. The highest BCUT2D eigenvalue weighted by molar-refractivity contribution is 8.00. The van der Waals surface area contributed by atoms with Gasteiger partial charge in [0, 0.05) is 17.0 Å². The molecule has 0 aliphatic carbocycles. The summed E-state index contributed by atoms with van der Waals surface area (Å²) in [6.45, 7) is 1.95. The van der Waals surface area contributed by atoms with Crippen LogP contribution in [0.5, 0.6) is 5.75 Å². The summed E-state index contributed by atoms with van der Waals surface area (Å²) < 4.78 is 10.8. The molecule has 1 aromatic heterocycles. The lowest BCUT2D eigenvalue weighted by molar-refractivity contribution is -0.153. The maximum atomic E-state index is 14.0. The number of anilines is 1. The molecule has 2 amide bonds. The number of amides is 2. The van der Waals surface area contributed by atoms with Gasteiger partial charge in [0.15, 0.2) is 10.8 Å². The number of carbonyl (C=O) groups is 3. The highest BCUT2D eigenvalue weighted by Crippen LogP contribution is 2.42. The van der Waals surface area contributed by atoms with Gasteiger partial charge in [-0.25, -0.2) is 9.78 Å². The van der Waals surface area contributed by atoms with Gasteiger partial charge in [-0.15, -0.1) is 34.7 Å². The van der Waals surface area contributed by atoms with Crippen LogP contribution in [0.2, 0.25) is 0 Å². The Morgan fingerprint density at radius 1 is 0.929 bits per heavy atom.